The molecule has 0 spiro atoms. The number of amides is 1. The molecule has 4 rings (SSSR count). The summed E-state index contributed by atoms with van der Waals surface area (Å²) in [5.74, 6) is -3.25. The van der Waals surface area contributed by atoms with Gasteiger partial charge in [0.25, 0.3) is 0 Å². The fourth-order valence-electron chi connectivity index (χ4n) is 4.55. The van der Waals surface area contributed by atoms with E-state index in [1.165, 1.54) is 4.88 Å². The van der Waals surface area contributed by atoms with Gasteiger partial charge in [-0.15, -0.1) is 11.3 Å². The summed E-state index contributed by atoms with van der Waals surface area (Å²) in [4.78, 5) is 36.9. The first kappa shape index (κ1) is 23.2. The van der Waals surface area contributed by atoms with Crippen LogP contribution < -0.4 is 0 Å². The van der Waals surface area contributed by atoms with Crippen LogP contribution in [0.2, 0.25) is 0 Å². The number of rotatable bonds is 3. The average molecular weight is 450 g/mol. The van der Waals surface area contributed by atoms with Crippen molar-refractivity contribution in [2.75, 3.05) is 32.8 Å². The number of carboxylic acids is 2. The summed E-state index contributed by atoms with van der Waals surface area (Å²) in [6, 6.07) is 6.61. The molecule has 1 aliphatic carbocycles. The second kappa shape index (κ2) is 10.2. The molecule has 0 unspecified atom stereocenters. The number of carboxylic acid groups (broad SMARTS) is 2. The lowest BCUT2D eigenvalue weighted by Crippen LogP contribution is -2.42. The monoisotopic (exact) mass is 449 g/mol. The van der Waals surface area contributed by atoms with Gasteiger partial charge in [0.05, 0.1) is 18.8 Å². The third-order valence-electron chi connectivity index (χ3n) is 6.12. The molecule has 3 fully saturated rings. The number of nitriles is 1. The zero-order valence-electron chi connectivity index (χ0n) is 17.2. The van der Waals surface area contributed by atoms with Crippen molar-refractivity contribution in [1.29, 1.82) is 5.26 Å². The lowest BCUT2D eigenvalue weighted by Gasteiger charge is -2.27. The molecular weight excluding hydrogens is 422 g/mol. The number of hydrogen-bond donors (Lipinski definition) is 2. The maximum Gasteiger partial charge on any atom is 0.414 e. The molecule has 2 saturated heterocycles. The van der Waals surface area contributed by atoms with Crippen molar-refractivity contribution in [2.45, 2.75) is 38.3 Å². The minimum Gasteiger partial charge on any atom is -0.473 e. The van der Waals surface area contributed by atoms with Gasteiger partial charge >= 0.3 is 11.9 Å². The number of likely N-dealkylation sites (tertiary alicyclic amines) is 1. The van der Waals surface area contributed by atoms with Crippen molar-refractivity contribution in [3.05, 3.63) is 22.4 Å². The molecule has 1 aromatic rings. The van der Waals surface area contributed by atoms with E-state index in [-0.39, 0.29) is 12.0 Å². The number of hydrogen-bond acceptors (Lipinski definition) is 7. The molecule has 3 aliphatic rings. The Morgan fingerprint density at radius 3 is 2.48 bits per heavy atom. The molecule has 3 heterocycles. The molecule has 2 atom stereocenters. The van der Waals surface area contributed by atoms with Gasteiger partial charge < -0.3 is 19.8 Å². The number of carbonyl (C=O) groups is 3. The maximum atomic E-state index is 13.0. The van der Waals surface area contributed by atoms with Gasteiger partial charge in [-0.3, -0.25) is 9.69 Å². The molecule has 10 heteroatoms. The van der Waals surface area contributed by atoms with E-state index in [2.05, 4.69) is 28.5 Å². The zero-order valence-corrected chi connectivity index (χ0v) is 18.1. The highest BCUT2D eigenvalue weighted by atomic mass is 32.1. The van der Waals surface area contributed by atoms with Crippen LogP contribution in [0.5, 0.6) is 0 Å². The second-order valence-electron chi connectivity index (χ2n) is 8.21. The molecule has 9 nitrogen and oxygen atoms in total. The van der Waals surface area contributed by atoms with Crippen molar-refractivity contribution >= 4 is 29.2 Å². The summed E-state index contributed by atoms with van der Waals surface area (Å²) in [6.07, 6.45) is 3.55. The lowest BCUT2D eigenvalue weighted by atomic mass is 9.86. The summed E-state index contributed by atoms with van der Waals surface area (Å²) in [7, 11) is 0. The highest BCUT2D eigenvalue weighted by molar-refractivity contribution is 7.09. The fraction of sp³-hybridized carbons (Fsp3) is 0.619. The van der Waals surface area contributed by atoms with Crippen LogP contribution in [0.15, 0.2) is 17.5 Å². The number of nitrogens with zero attached hydrogens (tertiary/aromatic N) is 3. The van der Waals surface area contributed by atoms with Crippen molar-refractivity contribution < 1.29 is 29.3 Å². The number of thiophene rings is 1. The molecule has 168 valence electrons. The van der Waals surface area contributed by atoms with Gasteiger partial charge in [0, 0.05) is 43.5 Å². The van der Waals surface area contributed by atoms with Crippen LogP contribution in [0.1, 0.15) is 30.6 Å². The Kier molecular flexibility index (Phi) is 7.64. The van der Waals surface area contributed by atoms with Gasteiger partial charge in [-0.25, -0.2) is 9.59 Å². The van der Waals surface area contributed by atoms with Crippen LogP contribution >= 0.6 is 11.3 Å². The molecule has 0 radical (unpaired) electrons. The van der Waals surface area contributed by atoms with E-state index in [9.17, 15) is 10.1 Å². The SMILES string of the molecule is N#CC1(C(=O)N2C[C@@H]3CN(Cc4cccs4)CCO[C@@H]3C2)CCCC1.O=C(O)C(=O)O. The van der Waals surface area contributed by atoms with Crippen molar-refractivity contribution in [3.63, 3.8) is 0 Å². The largest absolute Gasteiger partial charge is 0.473 e. The van der Waals surface area contributed by atoms with Crippen LogP contribution in [0, 0.1) is 22.7 Å². The fourth-order valence-corrected chi connectivity index (χ4v) is 5.29. The molecule has 1 aromatic heterocycles. The number of carbonyl (C=O) groups excluding carboxylic acids is 1. The van der Waals surface area contributed by atoms with Crippen molar-refractivity contribution in [2.24, 2.45) is 11.3 Å². The van der Waals surface area contributed by atoms with Crippen LogP contribution in [0.25, 0.3) is 0 Å². The summed E-state index contributed by atoms with van der Waals surface area (Å²) in [6.45, 7) is 4.97. The van der Waals surface area contributed by atoms with E-state index in [1.54, 1.807) is 11.3 Å². The Balaban J connectivity index is 0.000000401. The van der Waals surface area contributed by atoms with Gasteiger partial charge in [-0.2, -0.15) is 5.26 Å². The highest BCUT2D eigenvalue weighted by Crippen LogP contribution is 2.40. The third-order valence-corrected chi connectivity index (χ3v) is 6.98. The van der Waals surface area contributed by atoms with Gasteiger partial charge in [-0.05, 0) is 24.3 Å². The minimum absolute atomic E-state index is 0.0500. The Hall–Kier alpha value is -2.48. The lowest BCUT2D eigenvalue weighted by molar-refractivity contribution is -0.159. The van der Waals surface area contributed by atoms with Gasteiger partial charge in [0.2, 0.25) is 5.91 Å². The molecule has 1 amide bonds. The van der Waals surface area contributed by atoms with Crippen LogP contribution in [-0.2, 0) is 25.7 Å². The van der Waals surface area contributed by atoms with Gasteiger partial charge in [-0.1, -0.05) is 18.9 Å². The van der Waals surface area contributed by atoms with Crippen molar-refractivity contribution in [3.8, 4) is 6.07 Å². The zero-order chi connectivity index (χ0) is 22.4. The molecule has 2 N–H and O–H groups in total. The Morgan fingerprint density at radius 1 is 1.19 bits per heavy atom. The third kappa shape index (κ3) is 5.61. The summed E-state index contributed by atoms with van der Waals surface area (Å²) in [5.41, 5.74) is -0.764. The van der Waals surface area contributed by atoms with E-state index in [0.717, 1.165) is 58.5 Å². The van der Waals surface area contributed by atoms with E-state index >= 15 is 0 Å². The first-order valence-electron chi connectivity index (χ1n) is 10.4. The Morgan fingerprint density at radius 2 is 1.90 bits per heavy atom. The predicted octanol–water partition coefficient (Wildman–Crippen LogP) is 1.65. The first-order chi connectivity index (χ1) is 14.8. The molecule has 0 bridgehead atoms. The van der Waals surface area contributed by atoms with E-state index < -0.39 is 17.4 Å². The van der Waals surface area contributed by atoms with Crippen LogP contribution in [0.4, 0.5) is 0 Å². The maximum absolute atomic E-state index is 13.0. The number of aliphatic carboxylic acids is 2. The van der Waals surface area contributed by atoms with Gasteiger partial charge in [0.15, 0.2) is 0 Å². The quantitative estimate of drug-likeness (QED) is 0.666. The van der Waals surface area contributed by atoms with E-state index in [4.69, 9.17) is 24.5 Å². The highest BCUT2D eigenvalue weighted by Gasteiger charge is 2.48. The minimum atomic E-state index is -1.82. The molecule has 31 heavy (non-hydrogen) atoms. The van der Waals surface area contributed by atoms with Gasteiger partial charge in [0.1, 0.15) is 5.41 Å². The summed E-state index contributed by atoms with van der Waals surface area (Å²) < 4.78 is 6.07. The Labute approximate surface area is 184 Å². The Bertz CT molecular complexity index is 819. The van der Waals surface area contributed by atoms with Crippen LogP contribution in [-0.4, -0.2) is 76.7 Å². The predicted molar refractivity (Wildman–Crippen MR) is 111 cm³/mol. The molecule has 2 aliphatic heterocycles. The molecule has 0 aromatic carbocycles. The average Bonchev–Trinajstić information content (AvgIpc) is 3.48. The standard InChI is InChI=1S/C19H25N3O2S.C2H2O4/c20-14-19(5-1-2-6-19)18(23)22-11-15-10-21(7-8-24-17(15)13-22)12-16-4-3-9-25-16;3-1(4)2(5)6/h3-4,9,15,17H,1-2,5-8,10-13H2;(H,3,4)(H,5,6)/t15-,17+;/m0./s1. The van der Waals surface area contributed by atoms with E-state index in [0.29, 0.717) is 12.5 Å². The van der Waals surface area contributed by atoms with E-state index in [1.807, 2.05) is 4.90 Å². The molecule has 1 saturated carbocycles. The van der Waals surface area contributed by atoms with Crippen molar-refractivity contribution in [1.82, 2.24) is 9.80 Å². The topological polar surface area (TPSA) is 131 Å². The number of fused-ring (bicyclic) bond motifs is 1. The normalized spacial score (nSPS) is 24.9. The second-order valence-corrected chi connectivity index (χ2v) is 9.24. The van der Waals surface area contributed by atoms with Crippen LogP contribution in [0.3, 0.4) is 0 Å². The number of ether oxygens (including phenoxy) is 1. The molecular formula is C21H27N3O6S. The summed E-state index contributed by atoms with van der Waals surface area (Å²) >= 11 is 1.79. The summed E-state index contributed by atoms with van der Waals surface area (Å²) in [5, 5.41) is 26.5. The first-order valence-corrected chi connectivity index (χ1v) is 11.3. The smallest absolute Gasteiger partial charge is 0.414 e.